The fraction of sp³-hybridized carbons (Fsp3) is 0.0500. The van der Waals surface area contributed by atoms with Crippen molar-refractivity contribution in [2.75, 3.05) is 0 Å². The summed E-state index contributed by atoms with van der Waals surface area (Å²) in [5.74, 6) is 0.775. The van der Waals surface area contributed by atoms with Crippen LogP contribution in [0.25, 0.3) is 22.4 Å². The van der Waals surface area contributed by atoms with Gasteiger partial charge in [0.05, 0.1) is 33.6 Å². The summed E-state index contributed by atoms with van der Waals surface area (Å²) in [7, 11) is 0. The second-order valence-electron chi connectivity index (χ2n) is 5.68. The molecular formula is C20H14N4S. The summed E-state index contributed by atoms with van der Waals surface area (Å²) in [5, 5.41) is 8.74. The van der Waals surface area contributed by atoms with Crippen molar-refractivity contribution >= 4 is 23.7 Å². The van der Waals surface area contributed by atoms with Crippen molar-refractivity contribution in [1.29, 1.82) is 5.26 Å². The van der Waals surface area contributed by atoms with Gasteiger partial charge in [0, 0.05) is 11.8 Å². The number of nitrogens with one attached hydrogen (secondary N) is 1. The van der Waals surface area contributed by atoms with Crippen LogP contribution in [0.5, 0.6) is 0 Å². The first-order valence-corrected chi connectivity index (χ1v) is 8.36. The second-order valence-corrected chi connectivity index (χ2v) is 6.19. The van der Waals surface area contributed by atoms with Crippen LogP contribution in [0, 0.1) is 11.3 Å². The van der Waals surface area contributed by atoms with Crippen LogP contribution < -0.4 is 0 Å². The maximum Gasteiger partial charge on any atom is 0.140 e. The first-order chi connectivity index (χ1) is 12.3. The lowest BCUT2D eigenvalue weighted by Gasteiger charge is -2.14. The number of rotatable bonds is 3. The molecule has 1 atom stereocenters. The van der Waals surface area contributed by atoms with Gasteiger partial charge in [0.1, 0.15) is 5.82 Å². The molecule has 0 aliphatic carbocycles. The SMILES string of the molecule is N#Cc1ccc(C(S)c2ncccc2-c2nc3ccccc3[nH]2)cc1. The number of nitrogens with zero attached hydrogens (tertiary/aromatic N) is 3. The van der Waals surface area contributed by atoms with Crippen molar-refractivity contribution in [3.63, 3.8) is 0 Å². The normalized spacial score (nSPS) is 12.0. The van der Waals surface area contributed by atoms with Crippen molar-refractivity contribution in [2.45, 2.75) is 5.25 Å². The Morgan fingerprint density at radius 1 is 1.00 bits per heavy atom. The first-order valence-electron chi connectivity index (χ1n) is 7.84. The van der Waals surface area contributed by atoms with Gasteiger partial charge < -0.3 is 4.98 Å². The van der Waals surface area contributed by atoms with Crippen molar-refractivity contribution in [2.24, 2.45) is 0 Å². The summed E-state index contributed by atoms with van der Waals surface area (Å²) < 4.78 is 0. The van der Waals surface area contributed by atoms with E-state index in [1.165, 1.54) is 0 Å². The Morgan fingerprint density at radius 2 is 1.80 bits per heavy atom. The molecule has 0 radical (unpaired) electrons. The van der Waals surface area contributed by atoms with Crippen LogP contribution in [0.15, 0.2) is 66.9 Å². The number of fused-ring (bicyclic) bond motifs is 1. The van der Waals surface area contributed by atoms with E-state index in [1.807, 2.05) is 48.5 Å². The van der Waals surface area contributed by atoms with Gasteiger partial charge in [-0.1, -0.05) is 24.3 Å². The number of aromatic amines is 1. The maximum absolute atomic E-state index is 8.95. The van der Waals surface area contributed by atoms with Gasteiger partial charge in [-0.05, 0) is 42.0 Å². The number of nitriles is 1. The van der Waals surface area contributed by atoms with E-state index in [-0.39, 0.29) is 5.25 Å². The summed E-state index contributed by atoms with van der Waals surface area (Å²) in [6.07, 6.45) is 1.76. The Kier molecular flexibility index (Phi) is 3.96. The number of benzene rings is 2. The van der Waals surface area contributed by atoms with Crippen molar-refractivity contribution < 1.29 is 0 Å². The summed E-state index contributed by atoms with van der Waals surface area (Å²) >= 11 is 4.77. The molecule has 5 heteroatoms. The number of aromatic nitrogens is 3. The molecule has 0 bridgehead atoms. The van der Waals surface area contributed by atoms with E-state index in [1.54, 1.807) is 18.3 Å². The number of pyridine rings is 1. The third kappa shape index (κ3) is 2.88. The standard InChI is InChI=1S/C20H14N4S/c21-12-13-7-9-14(10-8-13)19(25)18-15(4-3-11-22-18)20-23-16-5-1-2-6-17(16)24-20/h1-11,19,25H,(H,23,24). The molecule has 0 saturated heterocycles. The zero-order valence-corrected chi connectivity index (χ0v) is 14.1. The van der Waals surface area contributed by atoms with E-state index < -0.39 is 0 Å². The predicted octanol–water partition coefficient (Wildman–Crippen LogP) is 4.52. The van der Waals surface area contributed by atoms with Crippen molar-refractivity contribution in [3.8, 4) is 17.5 Å². The van der Waals surface area contributed by atoms with E-state index in [0.29, 0.717) is 5.56 Å². The highest BCUT2D eigenvalue weighted by Gasteiger charge is 2.18. The topological polar surface area (TPSA) is 65.4 Å². The Morgan fingerprint density at radius 3 is 2.56 bits per heavy atom. The third-order valence-corrected chi connectivity index (χ3v) is 4.64. The minimum atomic E-state index is -0.211. The average Bonchev–Trinajstić information content (AvgIpc) is 3.11. The first kappa shape index (κ1) is 15.4. The minimum absolute atomic E-state index is 0.211. The van der Waals surface area contributed by atoms with Crippen LogP contribution in [0.3, 0.4) is 0 Å². The molecule has 1 N–H and O–H groups in total. The lowest BCUT2D eigenvalue weighted by atomic mass is 10.0. The largest absolute Gasteiger partial charge is 0.338 e. The molecule has 120 valence electrons. The molecular weight excluding hydrogens is 328 g/mol. The second kappa shape index (κ2) is 6.42. The molecule has 0 saturated carbocycles. The van der Waals surface area contributed by atoms with Crippen LogP contribution in [-0.4, -0.2) is 15.0 Å². The minimum Gasteiger partial charge on any atom is -0.338 e. The van der Waals surface area contributed by atoms with Gasteiger partial charge in [0.15, 0.2) is 0 Å². The lowest BCUT2D eigenvalue weighted by molar-refractivity contribution is 1.05. The Balaban J connectivity index is 1.79. The number of H-pyrrole nitrogens is 1. The molecule has 0 amide bonds. The molecule has 0 fully saturated rings. The van der Waals surface area contributed by atoms with Crippen molar-refractivity contribution in [1.82, 2.24) is 15.0 Å². The number of para-hydroxylation sites is 2. The highest BCUT2D eigenvalue weighted by atomic mass is 32.1. The van der Waals surface area contributed by atoms with Crippen molar-refractivity contribution in [3.05, 3.63) is 83.7 Å². The number of thiol groups is 1. The summed E-state index contributed by atoms with van der Waals surface area (Å²) in [6, 6.07) is 21.3. The molecule has 4 aromatic rings. The molecule has 1 unspecified atom stereocenters. The lowest BCUT2D eigenvalue weighted by Crippen LogP contribution is -2.00. The molecule has 0 spiro atoms. The molecule has 0 aliphatic heterocycles. The summed E-state index contributed by atoms with van der Waals surface area (Å²) in [5.41, 5.74) is 5.27. The van der Waals surface area contributed by atoms with Crippen LogP contribution in [-0.2, 0) is 0 Å². The monoisotopic (exact) mass is 342 g/mol. The average molecular weight is 342 g/mol. The Hall–Kier alpha value is -3.10. The van der Waals surface area contributed by atoms with Gasteiger partial charge in [0.2, 0.25) is 0 Å². The van der Waals surface area contributed by atoms with Crippen LogP contribution in [0.2, 0.25) is 0 Å². The maximum atomic E-state index is 8.95. The summed E-state index contributed by atoms with van der Waals surface area (Å²) in [4.78, 5) is 12.6. The molecule has 2 heterocycles. The number of hydrogen-bond acceptors (Lipinski definition) is 4. The van der Waals surface area contributed by atoms with E-state index in [4.69, 9.17) is 17.9 Å². The third-order valence-electron chi connectivity index (χ3n) is 4.10. The number of hydrogen-bond donors (Lipinski definition) is 2. The Labute approximate surface area is 150 Å². The number of imidazole rings is 1. The highest BCUT2D eigenvalue weighted by Crippen LogP contribution is 2.33. The van der Waals surface area contributed by atoms with Crippen LogP contribution in [0.4, 0.5) is 0 Å². The quantitative estimate of drug-likeness (QED) is 0.538. The smallest absolute Gasteiger partial charge is 0.140 e. The van der Waals surface area contributed by atoms with E-state index >= 15 is 0 Å². The zero-order valence-electron chi connectivity index (χ0n) is 13.2. The van der Waals surface area contributed by atoms with Crippen LogP contribution >= 0.6 is 12.6 Å². The molecule has 2 aromatic carbocycles. The Bertz CT molecular complexity index is 1040. The molecule has 25 heavy (non-hydrogen) atoms. The van der Waals surface area contributed by atoms with Crippen LogP contribution in [0.1, 0.15) is 22.1 Å². The van der Waals surface area contributed by atoms with Gasteiger partial charge in [-0.2, -0.15) is 17.9 Å². The molecule has 0 aliphatic rings. The fourth-order valence-electron chi connectivity index (χ4n) is 2.81. The van der Waals surface area contributed by atoms with Gasteiger partial charge in [-0.25, -0.2) is 4.98 Å². The van der Waals surface area contributed by atoms with Gasteiger partial charge in [-0.15, -0.1) is 0 Å². The molecule has 4 rings (SSSR count). The predicted molar refractivity (Wildman–Crippen MR) is 101 cm³/mol. The summed E-state index contributed by atoms with van der Waals surface area (Å²) in [6.45, 7) is 0. The van der Waals surface area contributed by atoms with Gasteiger partial charge in [0.25, 0.3) is 0 Å². The molecule has 4 nitrogen and oxygen atoms in total. The highest BCUT2D eigenvalue weighted by molar-refractivity contribution is 7.80. The molecule has 2 aromatic heterocycles. The zero-order chi connectivity index (χ0) is 17.2. The van der Waals surface area contributed by atoms with Gasteiger partial charge in [-0.3, -0.25) is 4.98 Å². The van der Waals surface area contributed by atoms with E-state index in [2.05, 4.69) is 21.0 Å². The van der Waals surface area contributed by atoms with Gasteiger partial charge >= 0.3 is 0 Å². The fourth-order valence-corrected chi connectivity index (χ4v) is 3.19. The van der Waals surface area contributed by atoms with E-state index in [9.17, 15) is 0 Å². The van der Waals surface area contributed by atoms with E-state index in [0.717, 1.165) is 33.7 Å².